The third-order valence-corrected chi connectivity index (χ3v) is 3.22. The first kappa shape index (κ1) is 10.3. The quantitative estimate of drug-likeness (QED) is 0.746. The fourth-order valence-electron chi connectivity index (χ4n) is 1.54. The molecule has 0 bridgehead atoms. The molecule has 0 aromatic carbocycles. The largest absolute Gasteiger partial charge is 0.259 e. The molecule has 2 heterocycles. The molecule has 2 rings (SSSR count). The molecule has 0 saturated heterocycles. The van der Waals surface area contributed by atoms with E-state index in [9.17, 15) is 0 Å². The Morgan fingerprint density at radius 3 is 3.00 bits per heavy atom. The summed E-state index contributed by atoms with van der Waals surface area (Å²) >= 11 is 6.21. The van der Waals surface area contributed by atoms with E-state index in [-0.39, 0.29) is 11.3 Å². The van der Waals surface area contributed by atoms with E-state index >= 15 is 0 Å². The average Bonchev–Trinajstić information content (AvgIpc) is 2.74. The predicted molar refractivity (Wildman–Crippen MR) is 56.9 cm³/mol. The maximum absolute atomic E-state index is 6.21. The Labute approximate surface area is 92.5 Å². The van der Waals surface area contributed by atoms with Crippen molar-refractivity contribution in [3.05, 3.63) is 18.1 Å². The van der Waals surface area contributed by atoms with Crippen LogP contribution in [0.1, 0.15) is 31.9 Å². The Morgan fingerprint density at radius 1 is 1.47 bits per heavy atom. The molecule has 5 nitrogen and oxygen atoms in total. The minimum Gasteiger partial charge on any atom is -0.259 e. The lowest BCUT2D eigenvalue weighted by molar-refractivity contribution is 0.623. The van der Waals surface area contributed by atoms with Gasteiger partial charge in [-0.15, -0.1) is 16.7 Å². The first-order valence-electron chi connectivity index (χ1n) is 4.90. The highest BCUT2D eigenvalue weighted by molar-refractivity contribution is 6.21. The zero-order valence-corrected chi connectivity index (χ0v) is 9.39. The Kier molecular flexibility index (Phi) is 2.81. The molecular weight excluding hydrogens is 214 g/mol. The van der Waals surface area contributed by atoms with Gasteiger partial charge in [-0.25, -0.2) is 0 Å². The van der Waals surface area contributed by atoms with Crippen molar-refractivity contribution in [2.24, 2.45) is 0 Å². The van der Waals surface area contributed by atoms with Gasteiger partial charge in [-0.2, -0.15) is 4.52 Å². The number of fused-ring (bicyclic) bond motifs is 1. The maximum atomic E-state index is 6.21. The van der Waals surface area contributed by atoms with E-state index in [1.807, 2.05) is 0 Å². The van der Waals surface area contributed by atoms with Crippen molar-refractivity contribution in [3.8, 4) is 0 Å². The van der Waals surface area contributed by atoms with Crippen molar-refractivity contribution in [2.75, 3.05) is 0 Å². The number of alkyl halides is 1. The highest BCUT2D eigenvalue weighted by Gasteiger charge is 2.18. The Balaban J connectivity index is 2.46. The van der Waals surface area contributed by atoms with Gasteiger partial charge in [0.25, 0.3) is 0 Å². The van der Waals surface area contributed by atoms with Crippen molar-refractivity contribution in [1.82, 2.24) is 25.0 Å². The average molecular weight is 226 g/mol. The molecule has 0 amide bonds. The van der Waals surface area contributed by atoms with Crippen LogP contribution in [0.3, 0.4) is 0 Å². The number of nitrogens with zero attached hydrogens (tertiary/aromatic N) is 5. The van der Waals surface area contributed by atoms with Crippen LogP contribution in [0.4, 0.5) is 0 Å². The van der Waals surface area contributed by atoms with Crippen LogP contribution in [0.15, 0.2) is 12.4 Å². The number of hydrogen-bond acceptors (Lipinski definition) is 4. The lowest BCUT2D eigenvalue weighted by atomic mass is 10.0. The Bertz CT molecular complexity index is 454. The maximum Gasteiger partial charge on any atom is 0.197 e. The first-order valence-corrected chi connectivity index (χ1v) is 5.33. The summed E-state index contributed by atoms with van der Waals surface area (Å²) in [5.74, 6) is 0.177. The van der Waals surface area contributed by atoms with E-state index in [0.717, 1.165) is 12.1 Å². The van der Waals surface area contributed by atoms with Gasteiger partial charge in [0.05, 0.1) is 11.9 Å². The third kappa shape index (κ3) is 1.79. The summed E-state index contributed by atoms with van der Waals surface area (Å²) in [6, 6.07) is 0. The summed E-state index contributed by atoms with van der Waals surface area (Å²) in [6.45, 7) is 4.11. The van der Waals surface area contributed by atoms with E-state index in [4.69, 9.17) is 11.6 Å². The van der Waals surface area contributed by atoms with Crippen molar-refractivity contribution in [3.63, 3.8) is 0 Å². The van der Waals surface area contributed by atoms with Crippen LogP contribution < -0.4 is 0 Å². The van der Waals surface area contributed by atoms with Crippen LogP contribution in [0.25, 0.3) is 5.65 Å². The minimum atomic E-state index is 0.0709. The fraction of sp³-hybridized carbons (Fsp3) is 0.556. The lowest BCUT2D eigenvalue weighted by Gasteiger charge is -2.16. The number of aromatic nitrogens is 5. The number of tetrazole rings is 1. The summed E-state index contributed by atoms with van der Waals surface area (Å²) in [5.41, 5.74) is 1.60. The summed E-state index contributed by atoms with van der Waals surface area (Å²) in [6.07, 6.45) is 4.30. The number of hydrogen-bond donors (Lipinski definition) is 0. The van der Waals surface area contributed by atoms with Crippen LogP contribution in [-0.4, -0.2) is 30.4 Å². The molecule has 2 aromatic heterocycles. The Morgan fingerprint density at radius 2 is 2.27 bits per heavy atom. The first-order chi connectivity index (χ1) is 7.24. The van der Waals surface area contributed by atoms with Gasteiger partial charge >= 0.3 is 0 Å². The van der Waals surface area contributed by atoms with Gasteiger partial charge in [-0.05, 0) is 16.8 Å². The molecular formula is C9H12ClN5. The van der Waals surface area contributed by atoms with Gasteiger partial charge in [-0.1, -0.05) is 13.8 Å². The van der Waals surface area contributed by atoms with Crippen LogP contribution in [0.2, 0.25) is 0 Å². The molecule has 0 fully saturated rings. The van der Waals surface area contributed by atoms with Gasteiger partial charge in [0.1, 0.15) is 0 Å². The second kappa shape index (κ2) is 4.10. The number of rotatable bonds is 3. The standard InChI is InChI=1S/C9H12ClN5/c1-3-7(10)6(2)8-4-11-5-9-12-13-14-15(8)9/h4-7H,3H2,1-2H3. The molecule has 80 valence electrons. The molecule has 6 heteroatoms. The van der Waals surface area contributed by atoms with Gasteiger partial charge in [0, 0.05) is 17.5 Å². The molecule has 2 aromatic rings. The molecule has 0 saturated carbocycles. The second-order valence-corrected chi connectivity index (χ2v) is 4.05. The van der Waals surface area contributed by atoms with E-state index in [1.54, 1.807) is 16.9 Å². The molecule has 0 aliphatic carbocycles. The van der Waals surface area contributed by atoms with E-state index in [2.05, 4.69) is 34.4 Å². The zero-order chi connectivity index (χ0) is 10.8. The van der Waals surface area contributed by atoms with Gasteiger partial charge < -0.3 is 0 Å². The van der Waals surface area contributed by atoms with Crippen LogP contribution in [0, 0.1) is 0 Å². The van der Waals surface area contributed by atoms with Crippen LogP contribution in [0.5, 0.6) is 0 Å². The lowest BCUT2D eigenvalue weighted by Crippen LogP contribution is -2.13. The molecule has 15 heavy (non-hydrogen) atoms. The minimum absolute atomic E-state index is 0.0709. The van der Waals surface area contributed by atoms with Gasteiger partial charge in [-0.3, -0.25) is 4.98 Å². The third-order valence-electron chi connectivity index (χ3n) is 2.53. The smallest absolute Gasteiger partial charge is 0.197 e. The fourth-order valence-corrected chi connectivity index (χ4v) is 1.67. The summed E-state index contributed by atoms with van der Waals surface area (Å²) in [4.78, 5) is 4.10. The van der Waals surface area contributed by atoms with Crippen molar-refractivity contribution >= 4 is 17.2 Å². The molecule has 0 aliphatic rings. The van der Waals surface area contributed by atoms with Gasteiger partial charge in [0.2, 0.25) is 0 Å². The van der Waals surface area contributed by atoms with Crippen LogP contribution >= 0.6 is 11.6 Å². The molecule has 0 N–H and O–H groups in total. The highest BCUT2D eigenvalue weighted by Crippen LogP contribution is 2.24. The summed E-state index contributed by atoms with van der Waals surface area (Å²) in [5, 5.41) is 11.4. The summed E-state index contributed by atoms with van der Waals surface area (Å²) < 4.78 is 1.68. The summed E-state index contributed by atoms with van der Waals surface area (Å²) in [7, 11) is 0. The molecule has 0 spiro atoms. The molecule has 0 radical (unpaired) electrons. The van der Waals surface area contributed by atoms with E-state index < -0.39 is 0 Å². The highest BCUT2D eigenvalue weighted by atomic mass is 35.5. The zero-order valence-electron chi connectivity index (χ0n) is 8.63. The van der Waals surface area contributed by atoms with Crippen LogP contribution in [-0.2, 0) is 0 Å². The molecule has 0 aliphatic heterocycles. The Hall–Kier alpha value is -1.23. The number of halogens is 1. The monoisotopic (exact) mass is 225 g/mol. The normalized spacial score (nSPS) is 15.4. The SMILES string of the molecule is CCC(Cl)C(C)c1cncc2nnnn12. The topological polar surface area (TPSA) is 56.0 Å². The van der Waals surface area contributed by atoms with Crippen molar-refractivity contribution in [2.45, 2.75) is 31.6 Å². The molecule has 2 atom stereocenters. The second-order valence-electron chi connectivity index (χ2n) is 3.49. The van der Waals surface area contributed by atoms with Crippen molar-refractivity contribution in [1.29, 1.82) is 0 Å². The predicted octanol–water partition coefficient (Wildman–Crippen LogP) is 1.64. The van der Waals surface area contributed by atoms with E-state index in [1.165, 1.54) is 0 Å². The molecule has 2 unspecified atom stereocenters. The van der Waals surface area contributed by atoms with Gasteiger partial charge in [0.15, 0.2) is 5.65 Å². The van der Waals surface area contributed by atoms with Crippen molar-refractivity contribution < 1.29 is 0 Å². The van der Waals surface area contributed by atoms with E-state index in [0.29, 0.717) is 5.65 Å².